The van der Waals surface area contributed by atoms with Gasteiger partial charge in [0.05, 0.1) is 11.4 Å². The van der Waals surface area contributed by atoms with Gasteiger partial charge in [-0.15, -0.1) is 6.58 Å². The predicted octanol–water partition coefficient (Wildman–Crippen LogP) is 3.10. The molecule has 9 nitrogen and oxygen atoms in total. The van der Waals surface area contributed by atoms with Gasteiger partial charge in [0.2, 0.25) is 10.0 Å². The zero-order valence-electron chi connectivity index (χ0n) is 19.8. The number of pyridine rings is 1. The van der Waals surface area contributed by atoms with Gasteiger partial charge in [0, 0.05) is 37.6 Å². The average molecular weight is 489 g/mol. The smallest absolute Gasteiger partial charge is 0.410 e. The van der Waals surface area contributed by atoms with E-state index in [9.17, 15) is 18.0 Å². The maximum atomic E-state index is 12.6. The van der Waals surface area contributed by atoms with Gasteiger partial charge in [0.25, 0.3) is 5.91 Å². The molecule has 10 heteroatoms. The first kappa shape index (κ1) is 27.0. The first-order valence-corrected chi connectivity index (χ1v) is 12.4. The molecule has 0 atom stereocenters. The van der Waals surface area contributed by atoms with Crippen molar-refractivity contribution in [2.45, 2.75) is 44.2 Å². The van der Waals surface area contributed by atoms with Crippen LogP contribution in [0.3, 0.4) is 0 Å². The minimum Gasteiger partial charge on any atom is -0.444 e. The summed E-state index contributed by atoms with van der Waals surface area (Å²) in [6.07, 6.45) is 4.80. The molecule has 1 heterocycles. The van der Waals surface area contributed by atoms with Gasteiger partial charge in [-0.2, -0.15) is 0 Å². The highest BCUT2D eigenvalue weighted by molar-refractivity contribution is 7.89. The molecule has 0 aliphatic carbocycles. The maximum absolute atomic E-state index is 12.6. The van der Waals surface area contributed by atoms with Gasteiger partial charge in [0.1, 0.15) is 5.60 Å². The maximum Gasteiger partial charge on any atom is 0.410 e. The largest absolute Gasteiger partial charge is 0.444 e. The fraction of sp³-hybridized carbons (Fsp3) is 0.375. The van der Waals surface area contributed by atoms with E-state index in [4.69, 9.17) is 4.74 Å². The van der Waals surface area contributed by atoms with Gasteiger partial charge in [-0.3, -0.25) is 9.78 Å². The van der Waals surface area contributed by atoms with Crippen LogP contribution in [0.5, 0.6) is 0 Å². The monoisotopic (exact) mass is 488 g/mol. The minimum atomic E-state index is -3.73. The summed E-state index contributed by atoms with van der Waals surface area (Å²) in [6, 6.07) is 9.45. The van der Waals surface area contributed by atoms with Gasteiger partial charge in [-0.25, -0.2) is 17.9 Å². The molecule has 0 radical (unpaired) electrons. The van der Waals surface area contributed by atoms with Gasteiger partial charge in [0.15, 0.2) is 0 Å². The summed E-state index contributed by atoms with van der Waals surface area (Å²) in [7, 11) is -3.73. The average Bonchev–Trinajstić information content (AvgIpc) is 2.79. The van der Waals surface area contributed by atoms with Crippen molar-refractivity contribution in [3.63, 3.8) is 0 Å². The normalized spacial score (nSPS) is 11.5. The van der Waals surface area contributed by atoms with Crippen LogP contribution >= 0.6 is 0 Å². The zero-order valence-corrected chi connectivity index (χ0v) is 20.6. The standard InChI is InChI=1S/C24H32N4O5S/c1-5-12-27-34(31,32)21-11-6-10-20(16-21)22(29)26-14-8-15-28(23(30)33-24(2,3)4)18-19-9-7-13-25-17-19/h5-7,9-11,13,16-17,27H,1,8,12,14-15,18H2,2-4H3,(H,26,29). The van der Waals surface area contributed by atoms with Gasteiger partial charge in [-0.05, 0) is 57.0 Å². The van der Waals surface area contributed by atoms with Crippen LogP contribution in [0.1, 0.15) is 43.1 Å². The van der Waals surface area contributed by atoms with E-state index in [1.165, 1.54) is 30.3 Å². The number of amides is 2. The second-order valence-corrected chi connectivity index (χ2v) is 10.3. The second-order valence-electron chi connectivity index (χ2n) is 8.54. The van der Waals surface area contributed by atoms with Gasteiger partial charge in [-0.1, -0.05) is 18.2 Å². The number of rotatable bonds is 11. The number of sulfonamides is 1. The molecule has 2 rings (SSSR count). The van der Waals surface area contributed by atoms with Crippen molar-refractivity contribution >= 4 is 22.0 Å². The predicted molar refractivity (Wildman–Crippen MR) is 130 cm³/mol. The molecule has 1 aromatic carbocycles. The Morgan fingerprint density at radius 1 is 1.21 bits per heavy atom. The summed E-state index contributed by atoms with van der Waals surface area (Å²) in [5.74, 6) is -0.406. The van der Waals surface area contributed by atoms with Crippen molar-refractivity contribution in [2.75, 3.05) is 19.6 Å². The Balaban J connectivity index is 1.96. The van der Waals surface area contributed by atoms with E-state index in [-0.39, 0.29) is 23.5 Å². The van der Waals surface area contributed by atoms with Crippen LogP contribution in [-0.2, 0) is 21.3 Å². The van der Waals surface area contributed by atoms with Crippen molar-refractivity contribution < 1.29 is 22.7 Å². The summed E-state index contributed by atoms with van der Waals surface area (Å²) in [5.41, 5.74) is 0.450. The topological polar surface area (TPSA) is 118 Å². The quantitative estimate of drug-likeness (QED) is 0.371. The summed E-state index contributed by atoms with van der Waals surface area (Å²) < 4.78 is 32.4. The number of ether oxygens (including phenoxy) is 1. The first-order valence-electron chi connectivity index (χ1n) is 10.9. The number of nitrogens with one attached hydrogen (secondary N) is 2. The molecule has 0 aliphatic rings. The Hall–Kier alpha value is -3.24. The van der Waals surface area contributed by atoms with Crippen LogP contribution in [0.25, 0.3) is 0 Å². The van der Waals surface area contributed by atoms with Crippen molar-refractivity contribution in [1.29, 1.82) is 0 Å². The van der Waals surface area contributed by atoms with E-state index in [1.54, 1.807) is 44.1 Å². The molecular formula is C24H32N4O5S. The lowest BCUT2D eigenvalue weighted by Gasteiger charge is -2.27. The van der Waals surface area contributed by atoms with E-state index in [0.29, 0.717) is 19.5 Å². The van der Waals surface area contributed by atoms with E-state index in [0.717, 1.165) is 5.56 Å². The molecule has 2 N–H and O–H groups in total. The molecule has 0 saturated heterocycles. The van der Waals surface area contributed by atoms with Crippen LogP contribution in [-0.4, -0.2) is 55.5 Å². The second kappa shape index (κ2) is 12.3. The number of aromatic nitrogens is 1. The summed E-state index contributed by atoms with van der Waals surface area (Å²) in [5, 5.41) is 2.77. The molecule has 0 bridgehead atoms. The zero-order chi connectivity index (χ0) is 25.2. The Kier molecular flexibility index (Phi) is 9.76. The van der Waals surface area contributed by atoms with E-state index >= 15 is 0 Å². The highest BCUT2D eigenvalue weighted by Gasteiger charge is 2.22. The lowest BCUT2D eigenvalue weighted by Crippen LogP contribution is -2.38. The molecule has 34 heavy (non-hydrogen) atoms. The summed E-state index contributed by atoms with van der Waals surface area (Å²) >= 11 is 0. The number of carbonyl (C=O) groups excluding carboxylic acids is 2. The van der Waals surface area contributed by atoms with Crippen molar-refractivity contribution in [1.82, 2.24) is 19.9 Å². The van der Waals surface area contributed by atoms with Crippen LogP contribution in [0.4, 0.5) is 4.79 Å². The molecule has 0 unspecified atom stereocenters. The third-order valence-corrected chi connectivity index (χ3v) is 5.88. The molecule has 184 valence electrons. The van der Waals surface area contributed by atoms with E-state index in [2.05, 4.69) is 21.6 Å². The number of nitrogens with zero attached hydrogens (tertiary/aromatic N) is 2. The number of hydrogen-bond acceptors (Lipinski definition) is 6. The first-order chi connectivity index (χ1) is 16.0. The number of hydrogen-bond donors (Lipinski definition) is 2. The van der Waals surface area contributed by atoms with Crippen LogP contribution in [0.15, 0.2) is 66.3 Å². The molecule has 0 spiro atoms. The number of benzene rings is 1. The van der Waals surface area contributed by atoms with Gasteiger partial charge >= 0.3 is 6.09 Å². The van der Waals surface area contributed by atoms with Crippen molar-refractivity contribution in [3.8, 4) is 0 Å². The minimum absolute atomic E-state index is 0.00503. The lowest BCUT2D eigenvalue weighted by molar-refractivity contribution is 0.0232. The number of carbonyl (C=O) groups is 2. The molecule has 1 aromatic heterocycles. The molecule has 2 aromatic rings. The van der Waals surface area contributed by atoms with Crippen molar-refractivity contribution in [2.24, 2.45) is 0 Å². The van der Waals surface area contributed by atoms with Crippen LogP contribution in [0.2, 0.25) is 0 Å². The summed E-state index contributed by atoms with van der Waals surface area (Å²) in [4.78, 5) is 30.8. The molecule has 0 aliphatic heterocycles. The highest BCUT2D eigenvalue weighted by Crippen LogP contribution is 2.14. The summed E-state index contributed by atoms with van der Waals surface area (Å²) in [6.45, 7) is 9.94. The fourth-order valence-corrected chi connectivity index (χ4v) is 3.95. The SMILES string of the molecule is C=CCNS(=O)(=O)c1cccc(C(=O)NCCCN(Cc2cccnc2)C(=O)OC(C)(C)C)c1. The Labute approximate surface area is 201 Å². The van der Waals surface area contributed by atoms with Crippen LogP contribution in [0, 0.1) is 0 Å². The molecule has 2 amide bonds. The highest BCUT2D eigenvalue weighted by atomic mass is 32.2. The van der Waals surface area contributed by atoms with Gasteiger partial charge < -0.3 is 15.0 Å². The Bertz CT molecular complexity index is 1080. The van der Waals surface area contributed by atoms with E-state index < -0.39 is 27.6 Å². The lowest BCUT2D eigenvalue weighted by atomic mass is 10.2. The fourth-order valence-electron chi connectivity index (χ4n) is 2.90. The molecule has 0 saturated carbocycles. The Morgan fingerprint density at radius 3 is 2.62 bits per heavy atom. The van der Waals surface area contributed by atoms with Crippen molar-refractivity contribution in [3.05, 3.63) is 72.6 Å². The molecular weight excluding hydrogens is 456 g/mol. The van der Waals surface area contributed by atoms with Crippen LogP contribution < -0.4 is 10.0 Å². The third-order valence-electron chi connectivity index (χ3n) is 4.46. The Morgan fingerprint density at radius 2 is 1.97 bits per heavy atom. The third kappa shape index (κ3) is 8.95. The van der Waals surface area contributed by atoms with E-state index in [1.807, 2.05) is 6.07 Å². The molecule has 0 fully saturated rings.